The number of hydrogen-bond donors (Lipinski definition) is 1. The topological polar surface area (TPSA) is 59.1 Å². The zero-order valence-corrected chi connectivity index (χ0v) is 13.3. The smallest absolute Gasteiger partial charge is 0.274 e. The molecule has 2 rings (SSSR count). The van der Waals surface area contributed by atoms with Crippen LogP contribution in [0.5, 0.6) is 0 Å². The van der Waals surface area contributed by atoms with E-state index in [0.29, 0.717) is 16.5 Å². The highest BCUT2D eigenvalue weighted by molar-refractivity contribution is 7.83. The van der Waals surface area contributed by atoms with Gasteiger partial charge in [-0.15, -0.1) is 0 Å². The lowest BCUT2D eigenvalue weighted by molar-refractivity contribution is 0.102. The van der Waals surface area contributed by atoms with E-state index in [4.69, 9.17) is 11.6 Å². The average Bonchev–Trinajstić information content (AvgIpc) is 2.42. The van der Waals surface area contributed by atoms with E-state index < -0.39 is 10.8 Å². The molecule has 4 nitrogen and oxygen atoms in total. The third-order valence-corrected chi connectivity index (χ3v) is 3.96. The van der Waals surface area contributed by atoms with Crippen molar-refractivity contribution < 1.29 is 9.00 Å². The highest BCUT2D eigenvalue weighted by Crippen LogP contribution is 2.21. The van der Waals surface area contributed by atoms with E-state index in [1.165, 1.54) is 12.3 Å². The van der Waals surface area contributed by atoms with Crippen LogP contribution in [-0.4, -0.2) is 21.4 Å². The van der Waals surface area contributed by atoms with Crippen LogP contribution >= 0.6 is 11.6 Å². The van der Waals surface area contributed by atoms with Gasteiger partial charge in [0.1, 0.15) is 5.69 Å². The molecule has 1 aromatic heterocycles. The zero-order chi connectivity index (χ0) is 15.4. The minimum atomic E-state index is -0.929. The van der Waals surface area contributed by atoms with Gasteiger partial charge in [-0.25, -0.2) is 0 Å². The largest absolute Gasteiger partial charge is 0.320 e. The summed E-state index contributed by atoms with van der Waals surface area (Å²) >= 11 is 5.85. The van der Waals surface area contributed by atoms with Gasteiger partial charge in [-0.05, 0) is 36.2 Å². The molecule has 0 radical (unpaired) electrons. The van der Waals surface area contributed by atoms with Gasteiger partial charge in [0.25, 0.3) is 5.91 Å². The van der Waals surface area contributed by atoms with E-state index in [1.807, 2.05) is 19.1 Å². The molecule has 0 saturated heterocycles. The van der Waals surface area contributed by atoms with Crippen LogP contribution in [0.3, 0.4) is 0 Å². The molecule has 0 fully saturated rings. The van der Waals surface area contributed by atoms with E-state index in [0.717, 1.165) is 11.1 Å². The molecule has 0 spiro atoms. The second kappa shape index (κ2) is 6.83. The van der Waals surface area contributed by atoms with Crippen molar-refractivity contribution in [3.05, 3.63) is 58.4 Å². The fourth-order valence-electron chi connectivity index (χ4n) is 1.91. The number of nitrogens with one attached hydrogen (secondary N) is 1. The van der Waals surface area contributed by atoms with Crippen molar-refractivity contribution in [1.29, 1.82) is 0 Å². The van der Waals surface area contributed by atoms with Crippen LogP contribution in [0.2, 0.25) is 5.02 Å². The summed E-state index contributed by atoms with van der Waals surface area (Å²) in [6.07, 6.45) is 3.14. The van der Waals surface area contributed by atoms with Gasteiger partial charge in [-0.3, -0.25) is 14.0 Å². The van der Waals surface area contributed by atoms with Crippen LogP contribution in [0.4, 0.5) is 5.69 Å². The second-order valence-electron chi connectivity index (χ2n) is 4.62. The summed E-state index contributed by atoms with van der Waals surface area (Å²) in [6, 6.07) is 8.66. The number of rotatable bonds is 4. The molecule has 0 aliphatic rings. The number of pyridine rings is 1. The molecule has 1 aromatic carbocycles. The molecule has 0 aliphatic carbocycles. The van der Waals surface area contributed by atoms with Gasteiger partial charge in [-0.2, -0.15) is 0 Å². The van der Waals surface area contributed by atoms with Crippen molar-refractivity contribution >= 4 is 34.0 Å². The summed E-state index contributed by atoms with van der Waals surface area (Å²) in [5.41, 5.74) is 2.80. The first kappa shape index (κ1) is 15.7. The van der Waals surface area contributed by atoms with Gasteiger partial charge >= 0.3 is 0 Å². The third-order valence-electron chi connectivity index (χ3n) is 3.01. The Bertz CT molecular complexity index is 704. The Morgan fingerprint density at radius 3 is 2.81 bits per heavy atom. The number of anilines is 1. The lowest BCUT2D eigenvalue weighted by Crippen LogP contribution is -2.15. The molecule has 1 atom stereocenters. The minimum Gasteiger partial charge on any atom is -0.320 e. The Kier molecular flexibility index (Phi) is 5.09. The first-order chi connectivity index (χ1) is 9.97. The second-order valence-corrected chi connectivity index (χ2v) is 6.49. The lowest BCUT2D eigenvalue weighted by Gasteiger charge is -2.11. The van der Waals surface area contributed by atoms with Crippen LogP contribution in [0.25, 0.3) is 0 Å². The third kappa shape index (κ3) is 4.12. The molecule has 0 aliphatic heterocycles. The van der Waals surface area contributed by atoms with Crippen molar-refractivity contribution in [1.82, 2.24) is 4.98 Å². The van der Waals surface area contributed by atoms with Gasteiger partial charge < -0.3 is 5.32 Å². The molecule has 0 bridgehead atoms. The van der Waals surface area contributed by atoms with Crippen molar-refractivity contribution in [2.24, 2.45) is 0 Å². The van der Waals surface area contributed by atoms with Gasteiger partial charge in [0.2, 0.25) is 0 Å². The Morgan fingerprint density at radius 1 is 1.38 bits per heavy atom. The van der Waals surface area contributed by atoms with E-state index in [2.05, 4.69) is 10.3 Å². The fourth-order valence-corrected chi connectivity index (χ4v) is 2.82. The number of hydrogen-bond acceptors (Lipinski definition) is 3. The predicted octanol–water partition coefficient (Wildman–Crippen LogP) is 3.17. The molecule has 0 saturated carbocycles. The Hall–Kier alpha value is -1.72. The SMILES string of the molecule is Cc1c(C[S@](C)=O)cccc1NC(=O)c1cc(Cl)ccn1. The normalized spacial score (nSPS) is 12.0. The van der Waals surface area contributed by atoms with Gasteiger partial charge in [0.05, 0.1) is 0 Å². The molecular weight excluding hydrogens is 308 g/mol. The molecule has 110 valence electrons. The summed E-state index contributed by atoms with van der Waals surface area (Å²) in [7, 11) is -0.929. The lowest BCUT2D eigenvalue weighted by atomic mass is 10.1. The van der Waals surface area contributed by atoms with Crippen LogP contribution < -0.4 is 5.32 Å². The molecular formula is C15H15ClN2O2S. The first-order valence-corrected chi connectivity index (χ1v) is 8.39. The van der Waals surface area contributed by atoms with Crippen LogP contribution in [0, 0.1) is 6.92 Å². The number of aromatic nitrogens is 1. The Morgan fingerprint density at radius 2 is 2.14 bits per heavy atom. The van der Waals surface area contributed by atoms with Crippen LogP contribution in [-0.2, 0) is 16.6 Å². The van der Waals surface area contributed by atoms with Crippen LogP contribution in [0.15, 0.2) is 36.5 Å². The average molecular weight is 323 g/mol. The Labute approximate surface area is 131 Å². The summed E-state index contributed by atoms with van der Waals surface area (Å²) < 4.78 is 11.4. The maximum Gasteiger partial charge on any atom is 0.274 e. The van der Waals surface area contributed by atoms with E-state index in [1.54, 1.807) is 18.4 Å². The molecule has 0 unspecified atom stereocenters. The maximum atomic E-state index is 12.2. The predicted molar refractivity (Wildman–Crippen MR) is 86.1 cm³/mol. The maximum absolute atomic E-state index is 12.2. The highest BCUT2D eigenvalue weighted by atomic mass is 35.5. The zero-order valence-electron chi connectivity index (χ0n) is 11.7. The molecule has 1 heterocycles. The molecule has 2 aromatic rings. The Balaban J connectivity index is 2.23. The summed E-state index contributed by atoms with van der Waals surface area (Å²) in [5, 5.41) is 3.27. The van der Waals surface area contributed by atoms with Crippen LogP contribution in [0.1, 0.15) is 21.6 Å². The summed E-state index contributed by atoms with van der Waals surface area (Å²) in [6.45, 7) is 1.89. The fraction of sp³-hybridized carbons (Fsp3) is 0.200. The quantitative estimate of drug-likeness (QED) is 0.940. The monoisotopic (exact) mass is 322 g/mol. The van der Waals surface area contributed by atoms with E-state index in [-0.39, 0.29) is 11.6 Å². The van der Waals surface area contributed by atoms with Crippen molar-refractivity contribution in [3.8, 4) is 0 Å². The molecule has 1 N–H and O–H groups in total. The number of benzene rings is 1. The number of carbonyl (C=O) groups excluding carboxylic acids is 1. The van der Waals surface area contributed by atoms with Crippen molar-refractivity contribution in [3.63, 3.8) is 0 Å². The first-order valence-electron chi connectivity index (χ1n) is 6.29. The number of amides is 1. The molecule has 1 amide bonds. The number of carbonyl (C=O) groups is 1. The number of nitrogens with zero attached hydrogens (tertiary/aromatic N) is 1. The molecule has 21 heavy (non-hydrogen) atoms. The van der Waals surface area contributed by atoms with Gasteiger partial charge in [0, 0.05) is 39.7 Å². The van der Waals surface area contributed by atoms with E-state index >= 15 is 0 Å². The standard InChI is InChI=1S/C15H15ClN2O2S/c1-10-11(9-21(2)20)4-3-5-13(10)18-15(19)14-8-12(16)6-7-17-14/h3-8H,9H2,1-2H3,(H,18,19)/t21-/m0/s1. The summed E-state index contributed by atoms with van der Waals surface area (Å²) in [5.74, 6) is 0.140. The summed E-state index contributed by atoms with van der Waals surface area (Å²) in [4.78, 5) is 16.2. The van der Waals surface area contributed by atoms with Crippen molar-refractivity contribution in [2.45, 2.75) is 12.7 Å². The highest BCUT2D eigenvalue weighted by Gasteiger charge is 2.11. The van der Waals surface area contributed by atoms with Gasteiger partial charge in [-0.1, -0.05) is 23.7 Å². The van der Waals surface area contributed by atoms with Crippen molar-refractivity contribution in [2.75, 3.05) is 11.6 Å². The van der Waals surface area contributed by atoms with Gasteiger partial charge in [0.15, 0.2) is 0 Å². The number of halogens is 1. The van der Waals surface area contributed by atoms with E-state index in [9.17, 15) is 9.00 Å². The minimum absolute atomic E-state index is 0.256. The molecule has 6 heteroatoms.